The Morgan fingerprint density at radius 3 is 2.87 bits per heavy atom. The first-order chi connectivity index (χ1) is 11.3. The van der Waals surface area contributed by atoms with Gasteiger partial charge >= 0.3 is 6.03 Å². The first kappa shape index (κ1) is 16.3. The van der Waals surface area contributed by atoms with Gasteiger partial charge in [-0.25, -0.2) is 9.78 Å². The maximum absolute atomic E-state index is 11.7. The van der Waals surface area contributed by atoms with E-state index in [0.29, 0.717) is 12.5 Å². The van der Waals surface area contributed by atoms with E-state index < -0.39 is 0 Å². The minimum absolute atomic E-state index is 0.177. The molecule has 0 saturated heterocycles. The van der Waals surface area contributed by atoms with Crippen LogP contribution in [0.2, 0.25) is 0 Å². The van der Waals surface area contributed by atoms with Gasteiger partial charge in [-0.3, -0.25) is 10.2 Å². The molecule has 2 N–H and O–H groups in total. The molecular weight excluding hydrogens is 290 g/mol. The smallest absolute Gasteiger partial charge is 0.321 e. The fourth-order valence-corrected chi connectivity index (χ4v) is 3.84. The van der Waals surface area contributed by atoms with Crippen molar-refractivity contribution in [1.29, 1.82) is 0 Å². The van der Waals surface area contributed by atoms with E-state index in [1.807, 2.05) is 13.1 Å². The molecule has 1 aliphatic heterocycles. The summed E-state index contributed by atoms with van der Waals surface area (Å²) in [5.74, 6) is 1.54. The van der Waals surface area contributed by atoms with Gasteiger partial charge in [-0.2, -0.15) is 0 Å². The van der Waals surface area contributed by atoms with Gasteiger partial charge in [0.25, 0.3) is 0 Å². The Hall–Kier alpha value is -1.56. The fourth-order valence-electron chi connectivity index (χ4n) is 3.84. The summed E-state index contributed by atoms with van der Waals surface area (Å²) >= 11 is 0. The van der Waals surface area contributed by atoms with Gasteiger partial charge in [0.1, 0.15) is 0 Å². The van der Waals surface area contributed by atoms with Crippen molar-refractivity contribution in [2.24, 2.45) is 5.92 Å². The monoisotopic (exact) mass is 319 g/mol. The quantitative estimate of drug-likeness (QED) is 0.897. The van der Waals surface area contributed by atoms with Crippen molar-refractivity contribution in [3.05, 3.63) is 11.9 Å². The van der Waals surface area contributed by atoms with E-state index in [1.165, 1.54) is 44.3 Å². The van der Waals surface area contributed by atoms with E-state index in [1.54, 1.807) is 0 Å². The summed E-state index contributed by atoms with van der Waals surface area (Å²) in [4.78, 5) is 18.7. The predicted octanol–water partition coefficient (Wildman–Crippen LogP) is 2.81. The van der Waals surface area contributed by atoms with Gasteiger partial charge in [0.15, 0.2) is 0 Å². The Bertz CT molecular complexity index is 521. The molecule has 23 heavy (non-hydrogen) atoms. The van der Waals surface area contributed by atoms with Crippen molar-refractivity contribution in [1.82, 2.24) is 19.8 Å². The van der Waals surface area contributed by atoms with Crippen molar-refractivity contribution in [3.8, 4) is 0 Å². The zero-order valence-electron chi connectivity index (χ0n) is 14.2. The van der Waals surface area contributed by atoms with Crippen molar-refractivity contribution in [2.75, 3.05) is 25.0 Å². The molecule has 0 radical (unpaired) electrons. The largest absolute Gasteiger partial charge is 0.338 e. The minimum atomic E-state index is -0.177. The summed E-state index contributed by atoms with van der Waals surface area (Å²) in [6, 6.07) is -0.177. The Kier molecular flexibility index (Phi) is 5.54. The van der Waals surface area contributed by atoms with Crippen LogP contribution in [0.4, 0.5) is 10.7 Å². The van der Waals surface area contributed by atoms with Crippen LogP contribution in [0.25, 0.3) is 0 Å². The van der Waals surface area contributed by atoms with E-state index >= 15 is 0 Å². The van der Waals surface area contributed by atoms with Crippen LogP contribution >= 0.6 is 0 Å². The number of urea groups is 1. The SMILES string of the molecule is CCNC(=O)Nc1ncc2n1CCCN(CC1CCCCC1)C2. The summed E-state index contributed by atoms with van der Waals surface area (Å²) in [6.07, 6.45) is 10.0. The lowest BCUT2D eigenvalue weighted by atomic mass is 9.89. The van der Waals surface area contributed by atoms with Crippen LogP contribution in [0, 0.1) is 5.92 Å². The third-order valence-corrected chi connectivity index (χ3v) is 4.98. The van der Waals surface area contributed by atoms with Gasteiger partial charge in [0, 0.05) is 32.7 Å². The number of rotatable bonds is 4. The molecule has 1 aromatic rings. The molecule has 3 rings (SSSR count). The average molecular weight is 319 g/mol. The number of hydrogen-bond donors (Lipinski definition) is 2. The molecule has 1 aliphatic carbocycles. The van der Waals surface area contributed by atoms with E-state index in [4.69, 9.17) is 0 Å². The lowest BCUT2D eigenvalue weighted by Gasteiger charge is -2.28. The number of aromatic nitrogens is 2. The van der Waals surface area contributed by atoms with Gasteiger partial charge in [0.2, 0.25) is 5.95 Å². The molecule has 0 atom stereocenters. The molecule has 2 heterocycles. The number of nitrogens with zero attached hydrogens (tertiary/aromatic N) is 3. The molecule has 1 saturated carbocycles. The molecule has 2 aliphatic rings. The standard InChI is InChI=1S/C17H29N5O/c1-2-18-17(23)20-16-19-11-15-13-21(9-6-10-22(15)16)12-14-7-4-3-5-8-14/h11,14H,2-10,12-13H2,1H3,(H2,18,19,20,23). The lowest BCUT2D eigenvalue weighted by Crippen LogP contribution is -2.30. The summed E-state index contributed by atoms with van der Waals surface area (Å²) in [5.41, 5.74) is 1.21. The Balaban J connectivity index is 1.62. The molecule has 1 aromatic heterocycles. The molecular formula is C17H29N5O. The number of anilines is 1. The number of imidazole rings is 1. The summed E-state index contributed by atoms with van der Waals surface area (Å²) in [5, 5.41) is 5.61. The maximum atomic E-state index is 11.7. The molecule has 6 nitrogen and oxygen atoms in total. The Morgan fingerprint density at radius 2 is 2.09 bits per heavy atom. The molecule has 0 unspecified atom stereocenters. The van der Waals surface area contributed by atoms with Crippen molar-refractivity contribution < 1.29 is 4.79 Å². The van der Waals surface area contributed by atoms with Crippen LogP contribution < -0.4 is 10.6 Å². The number of carbonyl (C=O) groups excluding carboxylic acids is 1. The molecule has 0 aromatic carbocycles. The highest BCUT2D eigenvalue weighted by Gasteiger charge is 2.22. The van der Waals surface area contributed by atoms with Crippen LogP contribution in [0.5, 0.6) is 0 Å². The first-order valence-corrected chi connectivity index (χ1v) is 9.08. The van der Waals surface area contributed by atoms with E-state index in [-0.39, 0.29) is 6.03 Å². The number of hydrogen-bond acceptors (Lipinski definition) is 3. The van der Waals surface area contributed by atoms with Crippen molar-refractivity contribution in [3.63, 3.8) is 0 Å². The first-order valence-electron chi connectivity index (χ1n) is 9.08. The highest BCUT2D eigenvalue weighted by Crippen LogP contribution is 2.26. The van der Waals surface area contributed by atoms with Gasteiger partial charge in [-0.1, -0.05) is 19.3 Å². The molecule has 128 valence electrons. The predicted molar refractivity (Wildman–Crippen MR) is 91.4 cm³/mol. The second kappa shape index (κ2) is 7.81. The van der Waals surface area contributed by atoms with E-state index in [9.17, 15) is 4.79 Å². The van der Waals surface area contributed by atoms with Crippen LogP contribution in [-0.2, 0) is 13.1 Å². The van der Waals surface area contributed by atoms with Crippen LogP contribution in [-0.4, -0.2) is 40.1 Å². The molecule has 0 spiro atoms. The van der Waals surface area contributed by atoms with Gasteiger partial charge in [-0.05, 0) is 32.1 Å². The van der Waals surface area contributed by atoms with Gasteiger partial charge in [-0.15, -0.1) is 0 Å². The zero-order valence-corrected chi connectivity index (χ0v) is 14.2. The molecule has 2 amide bonds. The summed E-state index contributed by atoms with van der Waals surface area (Å²) < 4.78 is 2.16. The Morgan fingerprint density at radius 1 is 1.26 bits per heavy atom. The maximum Gasteiger partial charge on any atom is 0.321 e. The second-order valence-corrected chi connectivity index (χ2v) is 6.80. The number of carbonyl (C=O) groups is 1. The van der Waals surface area contributed by atoms with Crippen molar-refractivity contribution >= 4 is 12.0 Å². The fraction of sp³-hybridized carbons (Fsp3) is 0.765. The number of nitrogens with one attached hydrogen (secondary N) is 2. The third kappa shape index (κ3) is 4.25. The molecule has 1 fully saturated rings. The zero-order chi connectivity index (χ0) is 16.1. The van der Waals surface area contributed by atoms with E-state index in [0.717, 1.165) is 32.0 Å². The highest BCUT2D eigenvalue weighted by molar-refractivity contribution is 5.87. The van der Waals surface area contributed by atoms with Crippen LogP contribution in [0.1, 0.15) is 51.1 Å². The number of fused-ring (bicyclic) bond motifs is 1. The van der Waals surface area contributed by atoms with Gasteiger partial charge in [0.05, 0.1) is 11.9 Å². The second-order valence-electron chi connectivity index (χ2n) is 6.80. The topological polar surface area (TPSA) is 62.2 Å². The van der Waals surface area contributed by atoms with Crippen molar-refractivity contribution in [2.45, 2.75) is 58.5 Å². The van der Waals surface area contributed by atoms with Crippen LogP contribution in [0.3, 0.4) is 0 Å². The van der Waals surface area contributed by atoms with Crippen LogP contribution in [0.15, 0.2) is 6.20 Å². The minimum Gasteiger partial charge on any atom is -0.338 e. The summed E-state index contributed by atoms with van der Waals surface area (Å²) in [6.45, 7) is 6.76. The summed E-state index contributed by atoms with van der Waals surface area (Å²) in [7, 11) is 0. The average Bonchev–Trinajstić information content (AvgIpc) is 2.79. The highest BCUT2D eigenvalue weighted by atomic mass is 16.2. The lowest BCUT2D eigenvalue weighted by molar-refractivity contribution is 0.196. The normalized spacial score (nSPS) is 19.9. The van der Waals surface area contributed by atoms with E-state index in [2.05, 4.69) is 25.1 Å². The molecule has 0 bridgehead atoms. The van der Waals surface area contributed by atoms with Gasteiger partial charge < -0.3 is 9.88 Å². The Labute approximate surface area is 138 Å². The molecule has 6 heteroatoms. The third-order valence-electron chi connectivity index (χ3n) is 4.98. The number of amides is 2.